The first-order valence-electron chi connectivity index (χ1n) is 4.46. The number of nitrogens with zero attached hydrogens (tertiary/aromatic N) is 1. The summed E-state index contributed by atoms with van der Waals surface area (Å²) in [4.78, 5) is 4.03. The van der Waals surface area contributed by atoms with E-state index in [1.165, 1.54) is 23.5 Å². The van der Waals surface area contributed by atoms with Gasteiger partial charge in [-0.3, -0.25) is 5.41 Å². The van der Waals surface area contributed by atoms with Crippen LogP contribution in [0.2, 0.25) is 0 Å². The van der Waals surface area contributed by atoms with Crippen molar-refractivity contribution in [3.8, 4) is 0 Å². The molecular weight excluding hydrogens is 206 g/mol. The highest BCUT2D eigenvalue weighted by Gasteiger charge is 2.01. The summed E-state index contributed by atoms with van der Waals surface area (Å²) in [5.41, 5.74) is 2.56. The summed E-state index contributed by atoms with van der Waals surface area (Å²) in [6.45, 7) is 2.01. The van der Waals surface area contributed by atoms with Crippen LogP contribution in [0.15, 0.2) is 29.3 Å². The van der Waals surface area contributed by atoms with Crippen LogP contribution in [0.5, 0.6) is 0 Å². The van der Waals surface area contributed by atoms with Gasteiger partial charge in [-0.15, -0.1) is 0 Å². The van der Waals surface area contributed by atoms with Crippen molar-refractivity contribution in [3.63, 3.8) is 0 Å². The summed E-state index contributed by atoms with van der Waals surface area (Å²) < 4.78 is 0. The molecule has 0 spiro atoms. The summed E-state index contributed by atoms with van der Waals surface area (Å²) in [6, 6.07) is 7.76. The van der Waals surface area contributed by atoms with Gasteiger partial charge < -0.3 is 5.41 Å². The molecule has 1 aromatic carbocycles. The molecule has 0 atom stereocenters. The van der Waals surface area contributed by atoms with Gasteiger partial charge in [0.05, 0.1) is 5.71 Å². The minimum Gasteiger partial charge on any atom is -0.306 e. The Morgan fingerprint density at radius 3 is 2.40 bits per heavy atom. The summed E-state index contributed by atoms with van der Waals surface area (Å²) >= 11 is 1.26. The second-order valence-corrected chi connectivity index (χ2v) is 3.81. The van der Waals surface area contributed by atoms with E-state index in [1.54, 1.807) is 6.26 Å². The van der Waals surface area contributed by atoms with Crippen molar-refractivity contribution in [2.45, 2.75) is 6.92 Å². The molecule has 0 fully saturated rings. The maximum absolute atomic E-state index is 7.43. The Labute approximate surface area is 93.6 Å². The fourth-order valence-electron chi connectivity index (χ4n) is 1.06. The van der Waals surface area contributed by atoms with Gasteiger partial charge in [0.25, 0.3) is 0 Å². The fourth-order valence-corrected chi connectivity index (χ4v) is 1.25. The average Bonchev–Trinajstić information content (AvgIpc) is 2.27. The Morgan fingerprint density at radius 1 is 1.33 bits per heavy atom. The molecule has 0 aliphatic carbocycles. The second-order valence-electron chi connectivity index (χ2n) is 3.02. The topological polar surface area (TPSA) is 60.1 Å². The lowest BCUT2D eigenvalue weighted by molar-refractivity contribution is 1.45. The van der Waals surface area contributed by atoms with Gasteiger partial charge in [-0.25, -0.2) is 4.99 Å². The minimum atomic E-state index is 0.217. The Morgan fingerprint density at radius 2 is 1.93 bits per heavy atom. The highest BCUT2D eigenvalue weighted by molar-refractivity contribution is 8.13. The lowest BCUT2D eigenvalue weighted by Gasteiger charge is -2.01. The van der Waals surface area contributed by atoms with E-state index in [4.69, 9.17) is 10.8 Å². The normalized spacial score (nSPS) is 11.2. The fraction of sp³-hybridized carbons (Fsp3) is 0.182. The molecule has 0 amide bonds. The number of aryl methyl sites for hydroxylation is 1. The van der Waals surface area contributed by atoms with Gasteiger partial charge >= 0.3 is 0 Å². The van der Waals surface area contributed by atoms with Crippen molar-refractivity contribution in [2.75, 3.05) is 6.26 Å². The van der Waals surface area contributed by atoms with Crippen LogP contribution in [-0.4, -0.2) is 23.3 Å². The third-order valence-electron chi connectivity index (χ3n) is 1.90. The second kappa shape index (κ2) is 5.46. The number of amidine groups is 1. The van der Waals surface area contributed by atoms with Gasteiger partial charge in [-0.05, 0) is 13.2 Å². The van der Waals surface area contributed by atoms with Gasteiger partial charge in [0.15, 0.2) is 5.17 Å². The number of thioether (sulfide) groups is 1. The van der Waals surface area contributed by atoms with Crippen molar-refractivity contribution >= 4 is 28.9 Å². The van der Waals surface area contributed by atoms with Crippen molar-refractivity contribution < 1.29 is 0 Å². The quantitative estimate of drug-likeness (QED) is 0.583. The summed E-state index contributed by atoms with van der Waals surface area (Å²) in [5, 5.41) is 14.9. The predicted molar refractivity (Wildman–Crippen MR) is 67.7 cm³/mol. The molecule has 1 rings (SSSR count). The van der Waals surface area contributed by atoms with Crippen LogP contribution in [-0.2, 0) is 0 Å². The van der Waals surface area contributed by atoms with Crippen LogP contribution in [0, 0.1) is 17.7 Å². The SMILES string of the molecule is CSC(=N)/N=C(\C=N)c1ccc(C)cc1. The molecule has 0 aliphatic heterocycles. The molecule has 0 saturated heterocycles. The highest BCUT2D eigenvalue weighted by Crippen LogP contribution is 2.06. The Bertz CT molecular complexity index is 393. The Balaban J connectivity index is 3.02. The standard InChI is InChI=1S/C11H13N3S/c1-8-3-5-9(6-4-8)10(7-12)14-11(13)15-2/h3-7,12-13H,1-2H3/b12-7?,13-11?,14-10+. The third-order valence-corrected chi connectivity index (χ3v) is 2.38. The van der Waals surface area contributed by atoms with Crippen LogP contribution in [0.25, 0.3) is 0 Å². The van der Waals surface area contributed by atoms with Crippen LogP contribution < -0.4 is 0 Å². The van der Waals surface area contributed by atoms with Gasteiger partial charge in [0, 0.05) is 11.8 Å². The molecule has 3 nitrogen and oxygen atoms in total. The minimum absolute atomic E-state index is 0.217. The van der Waals surface area contributed by atoms with Gasteiger partial charge in [0.1, 0.15) is 0 Å². The lowest BCUT2D eigenvalue weighted by atomic mass is 10.1. The lowest BCUT2D eigenvalue weighted by Crippen LogP contribution is -2.04. The summed E-state index contributed by atoms with van der Waals surface area (Å²) in [7, 11) is 0. The molecule has 0 aromatic heterocycles. The molecule has 78 valence electrons. The molecule has 0 unspecified atom stereocenters. The van der Waals surface area contributed by atoms with E-state index in [0.717, 1.165) is 5.56 Å². The third kappa shape index (κ3) is 3.32. The summed E-state index contributed by atoms with van der Waals surface area (Å²) in [5.74, 6) is 0. The van der Waals surface area contributed by atoms with Crippen molar-refractivity contribution in [1.29, 1.82) is 10.8 Å². The molecule has 0 radical (unpaired) electrons. The first-order valence-corrected chi connectivity index (χ1v) is 5.68. The molecule has 4 heteroatoms. The van der Waals surface area contributed by atoms with E-state index < -0.39 is 0 Å². The van der Waals surface area contributed by atoms with E-state index in [2.05, 4.69) is 4.99 Å². The molecule has 0 bridgehead atoms. The first kappa shape index (κ1) is 11.7. The number of hydrogen-bond acceptors (Lipinski definition) is 3. The van der Waals surface area contributed by atoms with E-state index in [-0.39, 0.29) is 5.17 Å². The van der Waals surface area contributed by atoms with Gasteiger partial charge in [-0.2, -0.15) is 0 Å². The first-order chi connectivity index (χ1) is 7.17. The molecular formula is C11H13N3S. The van der Waals surface area contributed by atoms with Crippen LogP contribution >= 0.6 is 11.8 Å². The summed E-state index contributed by atoms with van der Waals surface area (Å²) in [6.07, 6.45) is 2.97. The highest BCUT2D eigenvalue weighted by atomic mass is 32.2. The smallest absolute Gasteiger partial charge is 0.180 e. The molecule has 0 aliphatic rings. The average molecular weight is 219 g/mol. The zero-order chi connectivity index (χ0) is 11.3. The van der Waals surface area contributed by atoms with Crippen molar-refractivity contribution in [3.05, 3.63) is 35.4 Å². The number of aliphatic imine (C=N–C) groups is 1. The molecule has 2 N–H and O–H groups in total. The maximum Gasteiger partial charge on any atom is 0.180 e. The molecule has 15 heavy (non-hydrogen) atoms. The number of hydrogen-bond donors (Lipinski definition) is 2. The monoisotopic (exact) mass is 219 g/mol. The number of rotatable bonds is 2. The predicted octanol–water partition coefficient (Wildman–Crippen LogP) is 2.73. The van der Waals surface area contributed by atoms with E-state index >= 15 is 0 Å². The number of nitrogens with one attached hydrogen (secondary N) is 2. The van der Waals surface area contributed by atoms with E-state index in [9.17, 15) is 0 Å². The number of benzene rings is 1. The van der Waals surface area contributed by atoms with Crippen molar-refractivity contribution in [1.82, 2.24) is 0 Å². The zero-order valence-electron chi connectivity index (χ0n) is 8.74. The molecule has 0 saturated carbocycles. The Kier molecular flexibility index (Phi) is 4.24. The molecule has 1 aromatic rings. The van der Waals surface area contributed by atoms with E-state index in [0.29, 0.717) is 5.71 Å². The van der Waals surface area contributed by atoms with Crippen LogP contribution in [0.4, 0.5) is 0 Å². The van der Waals surface area contributed by atoms with Crippen LogP contribution in [0.3, 0.4) is 0 Å². The molecule has 0 heterocycles. The Hall–Kier alpha value is -1.42. The van der Waals surface area contributed by atoms with Gasteiger partial charge in [-0.1, -0.05) is 41.6 Å². The van der Waals surface area contributed by atoms with Gasteiger partial charge in [0.2, 0.25) is 0 Å². The van der Waals surface area contributed by atoms with Crippen LogP contribution in [0.1, 0.15) is 11.1 Å². The maximum atomic E-state index is 7.43. The largest absolute Gasteiger partial charge is 0.306 e. The van der Waals surface area contributed by atoms with E-state index in [1.807, 2.05) is 31.2 Å². The van der Waals surface area contributed by atoms with Crippen molar-refractivity contribution in [2.24, 2.45) is 4.99 Å². The zero-order valence-corrected chi connectivity index (χ0v) is 9.56.